The molecule has 28 heavy (non-hydrogen) atoms. The molecule has 3 rings (SSSR count). The van der Waals surface area contributed by atoms with Crippen LogP contribution in [0.4, 0.5) is 17.2 Å². The SMILES string of the molecule is Cc1nn(C)c(NCc2ccc(N(C)C(=O)c3ccncc3)cc2)c1[N+](=O)[O-]. The number of hydrogen-bond acceptors (Lipinski definition) is 6. The van der Waals surface area contributed by atoms with E-state index in [1.54, 1.807) is 50.4 Å². The molecule has 0 radical (unpaired) electrons. The summed E-state index contributed by atoms with van der Waals surface area (Å²) in [6.45, 7) is 2.00. The minimum atomic E-state index is -0.437. The molecule has 2 heterocycles. The molecule has 1 N–H and O–H groups in total. The highest BCUT2D eigenvalue weighted by molar-refractivity contribution is 6.05. The Morgan fingerprint density at radius 2 is 1.86 bits per heavy atom. The van der Waals surface area contributed by atoms with Crippen LogP contribution in [0.25, 0.3) is 0 Å². The van der Waals surface area contributed by atoms with Crippen molar-refractivity contribution in [3.8, 4) is 0 Å². The van der Waals surface area contributed by atoms with Crippen LogP contribution >= 0.6 is 0 Å². The van der Waals surface area contributed by atoms with E-state index < -0.39 is 4.92 Å². The Balaban J connectivity index is 1.70. The van der Waals surface area contributed by atoms with E-state index in [2.05, 4.69) is 15.4 Å². The van der Waals surface area contributed by atoms with Gasteiger partial charge in [0.25, 0.3) is 5.91 Å². The van der Waals surface area contributed by atoms with Crippen LogP contribution in [-0.2, 0) is 13.6 Å². The molecule has 0 spiro atoms. The van der Waals surface area contributed by atoms with Crippen molar-refractivity contribution >= 4 is 23.1 Å². The molecule has 9 nitrogen and oxygen atoms in total. The molecule has 0 bridgehead atoms. The maximum absolute atomic E-state index is 12.5. The molecule has 3 aromatic rings. The summed E-state index contributed by atoms with van der Waals surface area (Å²) in [4.78, 5) is 28.8. The number of nitro groups is 1. The Kier molecular flexibility index (Phi) is 5.35. The third-order valence-corrected chi connectivity index (χ3v) is 4.39. The first kappa shape index (κ1) is 19.0. The van der Waals surface area contributed by atoms with Crippen LogP contribution in [-0.4, -0.2) is 32.6 Å². The lowest BCUT2D eigenvalue weighted by atomic mass is 10.1. The lowest BCUT2D eigenvalue weighted by Crippen LogP contribution is -2.26. The van der Waals surface area contributed by atoms with Crippen molar-refractivity contribution in [1.29, 1.82) is 0 Å². The van der Waals surface area contributed by atoms with Crippen LogP contribution in [0.2, 0.25) is 0 Å². The first-order valence-corrected chi connectivity index (χ1v) is 8.57. The summed E-state index contributed by atoms with van der Waals surface area (Å²) in [5.41, 5.74) is 2.56. The summed E-state index contributed by atoms with van der Waals surface area (Å²) in [6, 6.07) is 10.7. The second-order valence-corrected chi connectivity index (χ2v) is 6.28. The number of carbonyl (C=O) groups is 1. The van der Waals surface area contributed by atoms with E-state index in [-0.39, 0.29) is 11.6 Å². The van der Waals surface area contributed by atoms with Gasteiger partial charge in [0.2, 0.25) is 5.82 Å². The number of pyridine rings is 1. The van der Waals surface area contributed by atoms with Gasteiger partial charge < -0.3 is 10.2 Å². The molecule has 0 aliphatic rings. The number of nitrogens with zero attached hydrogens (tertiary/aromatic N) is 5. The fraction of sp³-hybridized carbons (Fsp3) is 0.211. The van der Waals surface area contributed by atoms with Gasteiger partial charge in [0.05, 0.1) is 4.92 Å². The lowest BCUT2D eigenvalue weighted by molar-refractivity contribution is -0.384. The third-order valence-electron chi connectivity index (χ3n) is 4.39. The van der Waals surface area contributed by atoms with Crippen molar-refractivity contribution in [2.24, 2.45) is 7.05 Å². The van der Waals surface area contributed by atoms with Gasteiger partial charge in [0, 0.05) is 44.3 Å². The van der Waals surface area contributed by atoms with Crippen LogP contribution in [0.3, 0.4) is 0 Å². The summed E-state index contributed by atoms with van der Waals surface area (Å²) in [5.74, 6) is 0.228. The number of amides is 1. The van der Waals surface area contributed by atoms with E-state index in [1.807, 2.05) is 24.3 Å². The molecular formula is C19H20N6O3. The molecule has 0 saturated heterocycles. The number of carbonyl (C=O) groups excluding carboxylic acids is 1. The van der Waals surface area contributed by atoms with Crippen molar-refractivity contribution in [1.82, 2.24) is 14.8 Å². The first-order valence-electron chi connectivity index (χ1n) is 8.57. The Morgan fingerprint density at radius 1 is 1.21 bits per heavy atom. The third kappa shape index (κ3) is 3.83. The van der Waals surface area contributed by atoms with Crippen molar-refractivity contribution in [2.45, 2.75) is 13.5 Å². The molecule has 0 saturated carbocycles. The highest BCUT2D eigenvalue weighted by atomic mass is 16.6. The minimum Gasteiger partial charge on any atom is -0.360 e. The van der Waals surface area contributed by atoms with Gasteiger partial charge in [0.15, 0.2) is 0 Å². The summed E-state index contributed by atoms with van der Waals surface area (Å²) in [6.07, 6.45) is 3.16. The minimum absolute atomic E-state index is 0.0261. The van der Waals surface area contributed by atoms with E-state index >= 15 is 0 Å². The number of aromatic nitrogens is 3. The molecular weight excluding hydrogens is 360 g/mol. The van der Waals surface area contributed by atoms with Gasteiger partial charge in [0.1, 0.15) is 5.69 Å². The van der Waals surface area contributed by atoms with Crippen LogP contribution < -0.4 is 10.2 Å². The number of hydrogen-bond donors (Lipinski definition) is 1. The molecule has 0 aliphatic carbocycles. The zero-order chi connectivity index (χ0) is 20.3. The highest BCUT2D eigenvalue weighted by Gasteiger charge is 2.23. The number of anilines is 2. The van der Waals surface area contributed by atoms with Gasteiger partial charge in [-0.2, -0.15) is 5.10 Å². The quantitative estimate of drug-likeness (QED) is 0.521. The number of nitrogens with one attached hydrogen (secondary N) is 1. The Hall–Kier alpha value is -3.75. The largest absolute Gasteiger partial charge is 0.360 e. The summed E-state index contributed by atoms with van der Waals surface area (Å²) >= 11 is 0. The molecule has 1 aromatic carbocycles. The van der Waals surface area contributed by atoms with E-state index in [0.29, 0.717) is 23.6 Å². The predicted molar refractivity (Wildman–Crippen MR) is 105 cm³/mol. The molecule has 0 fully saturated rings. The molecule has 2 aromatic heterocycles. The van der Waals surface area contributed by atoms with E-state index in [4.69, 9.17) is 0 Å². The maximum Gasteiger partial charge on any atom is 0.333 e. The van der Waals surface area contributed by atoms with Crippen LogP contribution in [0.1, 0.15) is 21.6 Å². The Bertz CT molecular complexity index is 999. The number of rotatable bonds is 6. The van der Waals surface area contributed by atoms with Crippen LogP contribution in [0, 0.1) is 17.0 Å². The highest BCUT2D eigenvalue weighted by Crippen LogP contribution is 2.27. The summed E-state index contributed by atoms with van der Waals surface area (Å²) in [5, 5.41) is 18.4. The Labute approximate surface area is 161 Å². The molecule has 0 aliphatic heterocycles. The fourth-order valence-corrected chi connectivity index (χ4v) is 2.89. The van der Waals surface area contributed by atoms with Crippen molar-refractivity contribution in [2.75, 3.05) is 17.3 Å². The molecule has 144 valence electrons. The van der Waals surface area contributed by atoms with Crippen LogP contribution in [0.15, 0.2) is 48.8 Å². The normalized spacial score (nSPS) is 10.5. The average molecular weight is 380 g/mol. The van der Waals surface area contributed by atoms with Crippen LogP contribution in [0.5, 0.6) is 0 Å². The van der Waals surface area contributed by atoms with Crippen molar-refractivity contribution in [3.63, 3.8) is 0 Å². The van der Waals surface area contributed by atoms with Crippen molar-refractivity contribution in [3.05, 3.63) is 75.7 Å². The number of aryl methyl sites for hydroxylation is 2. The van der Waals surface area contributed by atoms with Gasteiger partial charge in [-0.05, 0) is 36.8 Å². The lowest BCUT2D eigenvalue weighted by Gasteiger charge is -2.18. The smallest absolute Gasteiger partial charge is 0.333 e. The second-order valence-electron chi connectivity index (χ2n) is 6.28. The zero-order valence-electron chi connectivity index (χ0n) is 15.8. The monoisotopic (exact) mass is 380 g/mol. The van der Waals surface area contributed by atoms with Gasteiger partial charge in [-0.15, -0.1) is 0 Å². The zero-order valence-corrected chi connectivity index (χ0v) is 15.8. The van der Waals surface area contributed by atoms with Gasteiger partial charge in [-0.3, -0.25) is 19.9 Å². The second kappa shape index (κ2) is 7.87. The first-order chi connectivity index (χ1) is 13.4. The molecule has 0 unspecified atom stereocenters. The van der Waals surface area contributed by atoms with E-state index in [1.165, 1.54) is 4.68 Å². The molecule has 9 heteroatoms. The van der Waals surface area contributed by atoms with Gasteiger partial charge in [-0.1, -0.05) is 12.1 Å². The standard InChI is InChI=1S/C19H20N6O3/c1-13-17(25(27)28)18(24(3)22-13)21-12-14-4-6-16(7-5-14)23(2)19(26)15-8-10-20-11-9-15/h4-11,21H,12H2,1-3H3. The molecule has 1 amide bonds. The van der Waals surface area contributed by atoms with E-state index in [0.717, 1.165) is 11.3 Å². The van der Waals surface area contributed by atoms with Crippen molar-refractivity contribution < 1.29 is 9.72 Å². The van der Waals surface area contributed by atoms with E-state index in [9.17, 15) is 14.9 Å². The number of benzene rings is 1. The maximum atomic E-state index is 12.5. The van der Waals surface area contributed by atoms with Gasteiger partial charge >= 0.3 is 5.69 Å². The van der Waals surface area contributed by atoms with Gasteiger partial charge in [-0.25, -0.2) is 4.68 Å². The summed E-state index contributed by atoms with van der Waals surface area (Å²) < 4.78 is 1.46. The molecule has 0 atom stereocenters. The average Bonchev–Trinajstić information content (AvgIpc) is 2.99. The fourth-order valence-electron chi connectivity index (χ4n) is 2.89. The Morgan fingerprint density at radius 3 is 2.46 bits per heavy atom. The summed E-state index contributed by atoms with van der Waals surface area (Å²) in [7, 11) is 3.36. The topological polar surface area (TPSA) is 106 Å². The predicted octanol–water partition coefficient (Wildman–Crippen LogP) is 2.92.